The Labute approximate surface area is 354 Å². The van der Waals surface area contributed by atoms with E-state index in [-0.39, 0.29) is 42.9 Å². The molecule has 0 spiro atoms. The standard InChI is InChI=1S/C9H14O2.C8H14O2.C8H12O2.C7H12O2.C7H10O2.C5H9N3O2/c1-5-6-7-8(10)11-9(2,3)4;1-6(2)7(9)10-8(3,4)5;1-5-6-7(9)10-8(2,3)4;2*1-5-6(8)9-7(2,3)4;1-4(2)10-5(9)3-7-8-6/h1H,6-7H2,2-4H3;1H2,2-5H3;1H,6H2,2-4H3;5H,1H2,2-4H3;1H,2-4H3;4H,3H2,1-2H3. The van der Waals surface area contributed by atoms with Gasteiger partial charge in [-0.25, -0.2) is 14.4 Å². The van der Waals surface area contributed by atoms with Gasteiger partial charge < -0.3 is 28.4 Å². The van der Waals surface area contributed by atoms with Gasteiger partial charge in [0.2, 0.25) is 0 Å². The average Bonchev–Trinajstić information content (AvgIpc) is 3.00. The molecule has 0 fully saturated rings. The van der Waals surface area contributed by atoms with Crippen molar-refractivity contribution in [2.75, 3.05) is 6.54 Å². The van der Waals surface area contributed by atoms with Gasteiger partial charge in [-0.1, -0.05) is 24.2 Å². The van der Waals surface area contributed by atoms with Crippen LogP contribution in [0.15, 0.2) is 29.9 Å². The molecule has 0 aliphatic carbocycles. The fourth-order valence-corrected chi connectivity index (χ4v) is 2.43. The third-order valence-corrected chi connectivity index (χ3v) is 4.03. The Hall–Kier alpha value is -5.71. The number of nitrogens with zero attached hydrogens (tertiary/aromatic N) is 3. The lowest BCUT2D eigenvalue weighted by Gasteiger charge is -2.19. The van der Waals surface area contributed by atoms with Gasteiger partial charge in [0, 0.05) is 28.9 Å². The van der Waals surface area contributed by atoms with E-state index in [1.807, 2.05) is 68.2 Å². The van der Waals surface area contributed by atoms with Crippen molar-refractivity contribution in [3.8, 4) is 37.0 Å². The van der Waals surface area contributed by atoms with E-state index < -0.39 is 39.9 Å². The van der Waals surface area contributed by atoms with Crippen LogP contribution in [0.1, 0.15) is 144 Å². The number of hydrogen-bond donors (Lipinski definition) is 0. The van der Waals surface area contributed by atoms with Crippen molar-refractivity contribution < 1.29 is 57.2 Å². The minimum absolute atomic E-state index is 0.0528. The molecule has 15 heteroatoms. The molecule has 0 aliphatic heterocycles. The molecule has 0 radical (unpaired) electrons. The van der Waals surface area contributed by atoms with Gasteiger partial charge in [-0.15, -0.1) is 25.2 Å². The number of hydrogen-bond acceptors (Lipinski definition) is 13. The summed E-state index contributed by atoms with van der Waals surface area (Å²) in [4.78, 5) is 66.2. The Kier molecular flexibility index (Phi) is 36.8. The zero-order valence-electron chi connectivity index (χ0n) is 38.9. The van der Waals surface area contributed by atoms with Crippen LogP contribution in [0.4, 0.5) is 0 Å². The maximum absolute atomic E-state index is 10.9. The largest absolute Gasteiger partial charge is 0.463 e. The second-order valence-electron chi connectivity index (χ2n) is 16.9. The van der Waals surface area contributed by atoms with Crippen molar-refractivity contribution in [2.24, 2.45) is 5.11 Å². The number of esters is 6. The fourth-order valence-electron chi connectivity index (χ4n) is 2.43. The van der Waals surface area contributed by atoms with E-state index in [0.717, 1.165) is 6.08 Å². The third kappa shape index (κ3) is 73.9. The van der Waals surface area contributed by atoms with E-state index >= 15 is 0 Å². The monoisotopic (exact) mass is 834 g/mol. The summed E-state index contributed by atoms with van der Waals surface area (Å²) in [6.07, 6.45) is 16.5. The topological polar surface area (TPSA) is 207 Å². The maximum atomic E-state index is 10.9. The summed E-state index contributed by atoms with van der Waals surface area (Å²) < 4.78 is 29.1. The molecule has 0 saturated heterocycles. The highest BCUT2D eigenvalue weighted by atomic mass is 16.6. The molecule has 0 aromatic carbocycles. The first-order chi connectivity index (χ1) is 26.3. The first kappa shape index (κ1) is 65.2. The molecule has 59 heavy (non-hydrogen) atoms. The van der Waals surface area contributed by atoms with Gasteiger partial charge in [0.05, 0.1) is 12.5 Å². The number of carbonyl (C=O) groups excluding carboxylic acids is 6. The van der Waals surface area contributed by atoms with Crippen LogP contribution in [0.5, 0.6) is 0 Å². The van der Waals surface area contributed by atoms with E-state index in [2.05, 4.69) is 39.8 Å². The average molecular weight is 834 g/mol. The predicted octanol–water partition coefficient (Wildman–Crippen LogP) is 8.72. The van der Waals surface area contributed by atoms with Gasteiger partial charge in [-0.05, 0) is 130 Å². The lowest BCUT2D eigenvalue weighted by atomic mass is 10.2. The Bertz CT molecular complexity index is 1500. The molecule has 0 bridgehead atoms. The Morgan fingerprint density at radius 3 is 1.32 bits per heavy atom. The molecule has 15 nitrogen and oxygen atoms in total. The fraction of sp³-hybridized carbons (Fsp3) is 0.636. The summed E-state index contributed by atoms with van der Waals surface area (Å²) in [7, 11) is 0. The first-order valence-electron chi connectivity index (χ1n) is 18.3. The summed E-state index contributed by atoms with van der Waals surface area (Å²) in [6, 6.07) is 0. The van der Waals surface area contributed by atoms with Gasteiger partial charge in [-0.3, -0.25) is 14.4 Å². The molecule has 0 heterocycles. The number of ether oxygens (including phenoxy) is 6. The van der Waals surface area contributed by atoms with Crippen LogP contribution < -0.4 is 0 Å². The summed E-state index contributed by atoms with van der Waals surface area (Å²) in [6.45, 7) is 38.7. The zero-order valence-corrected chi connectivity index (χ0v) is 38.9. The van der Waals surface area contributed by atoms with Gasteiger partial charge in [-0.2, -0.15) is 0 Å². The third-order valence-electron chi connectivity index (χ3n) is 4.03. The molecule has 0 aromatic heterocycles. The van der Waals surface area contributed by atoms with Crippen LogP contribution >= 0.6 is 0 Å². The van der Waals surface area contributed by atoms with Crippen LogP contribution in [0.3, 0.4) is 0 Å². The molecule has 334 valence electrons. The quantitative estimate of drug-likeness (QED) is 0.0329. The Morgan fingerprint density at radius 1 is 0.678 bits per heavy atom. The van der Waals surface area contributed by atoms with Crippen molar-refractivity contribution in [1.82, 2.24) is 0 Å². The summed E-state index contributed by atoms with van der Waals surface area (Å²) >= 11 is 0. The van der Waals surface area contributed by atoms with E-state index in [4.69, 9.17) is 48.5 Å². The van der Waals surface area contributed by atoms with Crippen molar-refractivity contribution >= 4 is 35.8 Å². The smallest absolute Gasteiger partial charge is 0.384 e. The van der Waals surface area contributed by atoms with Crippen LogP contribution in [-0.2, 0) is 57.2 Å². The Balaban J connectivity index is -0.000000143. The van der Waals surface area contributed by atoms with Crippen molar-refractivity contribution in [1.29, 1.82) is 0 Å². The van der Waals surface area contributed by atoms with Gasteiger partial charge >= 0.3 is 35.8 Å². The molecule has 0 N–H and O–H groups in total. The SMILES string of the molecule is C#CC(=O)OC(C)(C)C.C#CCC(=O)OC(C)(C)C.C#CCCC(=O)OC(C)(C)C.C=C(C)C(=O)OC(C)(C)C.C=CC(=O)OC(C)(C)C.CC(C)OC(=O)CN=[N+]=[N-]. The van der Waals surface area contributed by atoms with E-state index in [0.29, 0.717) is 18.4 Å². The number of azide groups is 1. The van der Waals surface area contributed by atoms with Crippen molar-refractivity contribution in [3.63, 3.8) is 0 Å². The predicted molar refractivity (Wildman–Crippen MR) is 230 cm³/mol. The van der Waals surface area contributed by atoms with Crippen molar-refractivity contribution in [2.45, 2.75) is 178 Å². The Morgan fingerprint density at radius 2 is 1.08 bits per heavy atom. The minimum Gasteiger partial charge on any atom is -0.463 e. The number of rotatable bonds is 8. The second kappa shape index (κ2) is 33.3. The van der Waals surface area contributed by atoms with Crippen LogP contribution in [0.2, 0.25) is 0 Å². The molecule has 0 unspecified atom stereocenters. The summed E-state index contributed by atoms with van der Waals surface area (Å²) in [5.74, 6) is 4.09. The lowest BCUT2D eigenvalue weighted by Crippen LogP contribution is -2.23. The van der Waals surface area contributed by atoms with E-state index in [1.165, 1.54) is 0 Å². The van der Waals surface area contributed by atoms with E-state index in [9.17, 15) is 28.8 Å². The normalized spacial score (nSPS) is 10.1. The van der Waals surface area contributed by atoms with Gasteiger partial charge in [0.15, 0.2) is 0 Å². The first-order valence-corrected chi connectivity index (χ1v) is 18.3. The molecule has 0 atom stereocenters. The minimum atomic E-state index is -0.609. The summed E-state index contributed by atoms with van der Waals surface area (Å²) in [5, 5.41) is 3.03. The lowest BCUT2D eigenvalue weighted by molar-refractivity contribution is -0.155. The zero-order chi connectivity index (χ0) is 48.4. The highest BCUT2D eigenvalue weighted by molar-refractivity contribution is 5.88. The maximum Gasteiger partial charge on any atom is 0.384 e. The highest BCUT2D eigenvalue weighted by Gasteiger charge is 2.17. The van der Waals surface area contributed by atoms with Crippen LogP contribution in [-0.4, -0.2) is 76.5 Å². The van der Waals surface area contributed by atoms with Gasteiger partial charge in [0.1, 0.15) is 41.0 Å². The van der Waals surface area contributed by atoms with Gasteiger partial charge in [0.25, 0.3) is 0 Å². The molecule has 0 rings (SSSR count). The van der Waals surface area contributed by atoms with Crippen LogP contribution in [0.25, 0.3) is 10.4 Å². The van der Waals surface area contributed by atoms with Crippen molar-refractivity contribution in [3.05, 3.63) is 35.2 Å². The second-order valence-corrected chi connectivity index (χ2v) is 16.9. The molecule has 0 saturated carbocycles. The number of carbonyl (C=O) groups is 6. The van der Waals surface area contributed by atoms with Crippen LogP contribution in [0, 0.1) is 37.0 Å². The van der Waals surface area contributed by atoms with E-state index in [1.54, 1.807) is 62.3 Å². The molecular weight excluding hydrogens is 762 g/mol. The summed E-state index contributed by atoms with van der Waals surface area (Å²) in [5.41, 5.74) is 6.15. The molecule has 0 amide bonds. The molecular formula is C44H71N3O12. The number of terminal acetylenes is 3. The highest BCUT2D eigenvalue weighted by Crippen LogP contribution is 2.10. The molecule has 0 aromatic rings. The molecule has 0 aliphatic rings.